The Hall–Kier alpha value is -8.20. The van der Waals surface area contributed by atoms with Crippen molar-refractivity contribution >= 4 is 71.3 Å². The molecule has 0 N–H and O–H groups in total. The number of hydrogen-bond donors (Lipinski definition) is 0. The molecule has 2 nitrogen and oxygen atoms in total. The van der Waals surface area contributed by atoms with Crippen molar-refractivity contribution in [2.45, 2.75) is 19.3 Å². The molecule has 0 saturated heterocycles. The molecule has 12 aromatic rings. The third kappa shape index (κ3) is 5.81. The summed E-state index contributed by atoms with van der Waals surface area (Å²) >= 11 is 0. The van der Waals surface area contributed by atoms with Gasteiger partial charge in [0.15, 0.2) is 0 Å². The monoisotopic (exact) mass is 829 g/mol. The highest BCUT2D eigenvalue weighted by Crippen LogP contribution is 2.52. The van der Waals surface area contributed by atoms with E-state index in [1.54, 1.807) is 0 Å². The van der Waals surface area contributed by atoms with Crippen LogP contribution in [-0.2, 0) is 5.41 Å². The van der Waals surface area contributed by atoms with Gasteiger partial charge in [-0.1, -0.05) is 190 Å². The van der Waals surface area contributed by atoms with Crippen molar-refractivity contribution in [3.05, 3.63) is 236 Å². The molecule has 0 spiro atoms. The first-order valence-electron chi connectivity index (χ1n) is 22.6. The maximum Gasteiger partial charge on any atom is 0.143 e. The van der Waals surface area contributed by atoms with Crippen molar-refractivity contribution in [2.75, 3.05) is 4.90 Å². The molecule has 0 unspecified atom stereocenters. The van der Waals surface area contributed by atoms with Crippen molar-refractivity contribution in [2.24, 2.45) is 0 Å². The Labute approximate surface area is 378 Å². The zero-order chi connectivity index (χ0) is 43.2. The lowest BCUT2D eigenvalue weighted by molar-refractivity contribution is 0.660. The largest absolute Gasteiger partial charge is 0.455 e. The second kappa shape index (κ2) is 14.4. The van der Waals surface area contributed by atoms with Gasteiger partial charge in [0.1, 0.15) is 11.2 Å². The minimum Gasteiger partial charge on any atom is -0.455 e. The van der Waals surface area contributed by atoms with Crippen molar-refractivity contribution in [3.63, 3.8) is 0 Å². The minimum atomic E-state index is -0.123. The lowest BCUT2D eigenvalue weighted by Gasteiger charge is -2.28. The van der Waals surface area contributed by atoms with Gasteiger partial charge in [-0.05, 0) is 126 Å². The predicted molar refractivity (Wildman–Crippen MR) is 275 cm³/mol. The van der Waals surface area contributed by atoms with E-state index in [0.717, 1.165) is 66.6 Å². The fourth-order valence-electron chi connectivity index (χ4n) is 10.8. The van der Waals surface area contributed by atoms with E-state index < -0.39 is 0 Å². The Bertz CT molecular complexity index is 3840. The number of hydrogen-bond acceptors (Lipinski definition) is 2. The molecule has 65 heavy (non-hydrogen) atoms. The molecular weight excluding hydrogens is 787 g/mol. The standard InChI is InChI=1S/C63H43NO/c1-63(2)57-23-13-12-20-53(57)54-35-34-48(39-58(54)63)64(46-30-26-42(27-31-46)40-14-4-3-5-15-40)47-32-28-43(29-33-47)49-36-37-50(45-25-24-41-16-6-7-17-44(41)38-45)61-59(49)60-55-21-10-8-18-51(55)52-19-9-11-22-56(52)62(60)65-61/h3-39H,1-2H3. The highest BCUT2D eigenvalue weighted by Gasteiger charge is 2.36. The zero-order valence-corrected chi connectivity index (χ0v) is 36.2. The maximum absolute atomic E-state index is 7.22. The Morgan fingerprint density at radius 2 is 0.862 bits per heavy atom. The van der Waals surface area contributed by atoms with Crippen molar-refractivity contribution in [1.29, 1.82) is 0 Å². The number of furan rings is 1. The summed E-state index contributed by atoms with van der Waals surface area (Å²) < 4.78 is 7.22. The molecular formula is C63H43NO. The number of anilines is 3. The Balaban J connectivity index is 1.00. The van der Waals surface area contributed by atoms with Gasteiger partial charge < -0.3 is 9.32 Å². The van der Waals surface area contributed by atoms with Crippen LogP contribution in [0.5, 0.6) is 0 Å². The topological polar surface area (TPSA) is 16.4 Å². The van der Waals surface area contributed by atoms with Crippen LogP contribution in [0.1, 0.15) is 25.0 Å². The Morgan fingerprint density at radius 1 is 0.323 bits per heavy atom. The van der Waals surface area contributed by atoms with Gasteiger partial charge in [-0.15, -0.1) is 0 Å². The van der Waals surface area contributed by atoms with Gasteiger partial charge in [-0.25, -0.2) is 0 Å². The smallest absolute Gasteiger partial charge is 0.143 e. The molecule has 0 saturated carbocycles. The highest BCUT2D eigenvalue weighted by atomic mass is 16.3. The molecule has 1 heterocycles. The Morgan fingerprint density at radius 3 is 1.63 bits per heavy atom. The third-order valence-corrected chi connectivity index (χ3v) is 14.1. The van der Waals surface area contributed by atoms with Crippen molar-refractivity contribution in [3.8, 4) is 44.5 Å². The summed E-state index contributed by atoms with van der Waals surface area (Å²) in [6, 6.07) is 82.0. The molecule has 0 aliphatic heterocycles. The van der Waals surface area contributed by atoms with Crippen LogP contribution in [-0.4, -0.2) is 0 Å². The van der Waals surface area contributed by atoms with E-state index in [-0.39, 0.29) is 5.41 Å². The molecule has 0 radical (unpaired) electrons. The number of rotatable bonds is 6. The van der Waals surface area contributed by atoms with Crippen LogP contribution < -0.4 is 4.90 Å². The lowest BCUT2D eigenvalue weighted by Crippen LogP contribution is -2.16. The van der Waals surface area contributed by atoms with E-state index in [2.05, 4.69) is 243 Å². The van der Waals surface area contributed by atoms with E-state index in [1.165, 1.54) is 60.3 Å². The summed E-state index contributed by atoms with van der Waals surface area (Å²) in [4.78, 5) is 2.41. The van der Waals surface area contributed by atoms with Gasteiger partial charge in [-0.2, -0.15) is 0 Å². The fraction of sp³-hybridized carbons (Fsp3) is 0.0476. The summed E-state index contributed by atoms with van der Waals surface area (Å²) in [5, 5.41) is 9.46. The highest BCUT2D eigenvalue weighted by molar-refractivity contribution is 6.33. The average Bonchev–Trinajstić information content (AvgIpc) is 3.88. The third-order valence-electron chi connectivity index (χ3n) is 14.1. The first-order valence-corrected chi connectivity index (χ1v) is 22.6. The van der Waals surface area contributed by atoms with Crippen molar-refractivity contribution in [1.82, 2.24) is 0 Å². The van der Waals surface area contributed by atoms with Gasteiger partial charge >= 0.3 is 0 Å². The van der Waals surface area contributed by atoms with E-state index in [1.807, 2.05) is 0 Å². The number of nitrogens with zero attached hydrogens (tertiary/aromatic N) is 1. The minimum absolute atomic E-state index is 0.123. The molecule has 1 aliphatic rings. The van der Waals surface area contributed by atoms with Crippen LogP contribution in [0.15, 0.2) is 229 Å². The molecule has 0 amide bonds. The molecule has 11 aromatic carbocycles. The second-order valence-corrected chi connectivity index (χ2v) is 18.0. The summed E-state index contributed by atoms with van der Waals surface area (Å²) in [6.07, 6.45) is 0. The van der Waals surface area contributed by atoms with Crippen LogP contribution in [0, 0.1) is 0 Å². The first-order chi connectivity index (χ1) is 32.0. The molecule has 1 aliphatic carbocycles. The number of fused-ring (bicyclic) bond motifs is 12. The van der Waals surface area contributed by atoms with E-state index >= 15 is 0 Å². The molecule has 0 bridgehead atoms. The lowest BCUT2D eigenvalue weighted by atomic mass is 9.82. The van der Waals surface area contributed by atoms with E-state index in [4.69, 9.17) is 4.42 Å². The molecule has 2 heteroatoms. The van der Waals surface area contributed by atoms with Crippen LogP contribution in [0.3, 0.4) is 0 Å². The first kappa shape index (κ1) is 37.4. The van der Waals surface area contributed by atoms with Crippen LogP contribution >= 0.6 is 0 Å². The van der Waals surface area contributed by atoms with Crippen molar-refractivity contribution < 1.29 is 4.42 Å². The predicted octanol–water partition coefficient (Wildman–Crippen LogP) is 17.8. The Kier molecular flexibility index (Phi) is 8.29. The maximum atomic E-state index is 7.22. The fourth-order valence-corrected chi connectivity index (χ4v) is 10.8. The summed E-state index contributed by atoms with van der Waals surface area (Å²) in [7, 11) is 0. The van der Waals surface area contributed by atoms with Crippen LogP contribution in [0.4, 0.5) is 17.1 Å². The second-order valence-electron chi connectivity index (χ2n) is 18.0. The van der Waals surface area contributed by atoms with Gasteiger partial charge in [-0.3, -0.25) is 0 Å². The molecule has 306 valence electrons. The summed E-state index contributed by atoms with van der Waals surface area (Å²) in [6.45, 7) is 4.71. The zero-order valence-electron chi connectivity index (χ0n) is 36.2. The molecule has 1 aromatic heterocycles. The molecule has 13 rings (SSSR count). The molecule has 0 fully saturated rings. The number of benzene rings is 11. The van der Waals surface area contributed by atoms with Gasteiger partial charge in [0.2, 0.25) is 0 Å². The quantitative estimate of drug-likeness (QED) is 0.155. The van der Waals surface area contributed by atoms with Gasteiger partial charge in [0.05, 0.1) is 0 Å². The molecule has 0 atom stereocenters. The van der Waals surface area contributed by atoms with E-state index in [0.29, 0.717) is 0 Å². The summed E-state index contributed by atoms with van der Waals surface area (Å²) in [5.74, 6) is 0. The SMILES string of the molecule is CC1(C)c2ccccc2-c2ccc(N(c3ccc(-c4ccccc4)cc3)c3ccc(-c4ccc(-c5ccc6ccccc6c5)c5oc6c7ccccc7c7ccccc7c6c45)cc3)cc21. The van der Waals surface area contributed by atoms with Crippen LogP contribution in [0.2, 0.25) is 0 Å². The average molecular weight is 830 g/mol. The van der Waals surface area contributed by atoms with E-state index in [9.17, 15) is 0 Å². The van der Waals surface area contributed by atoms with Crippen LogP contribution in [0.25, 0.3) is 98.8 Å². The van der Waals surface area contributed by atoms with Gasteiger partial charge in [0, 0.05) is 44.2 Å². The van der Waals surface area contributed by atoms with Gasteiger partial charge in [0.25, 0.3) is 0 Å². The summed E-state index contributed by atoms with van der Waals surface area (Å²) in [5.41, 5.74) is 17.3. The normalized spacial score (nSPS) is 12.9.